The largest absolute Gasteiger partial charge is 0.507 e. The minimum Gasteiger partial charge on any atom is -0.507 e. The van der Waals surface area contributed by atoms with E-state index in [1.807, 2.05) is 11.9 Å². The predicted octanol–water partition coefficient (Wildman–Crippen LogP) is 13.5. The lowest BCUT2D eigenvalue weighted by Crippen LogP contribution is -2.62. The van der Waals surface area contributed by atoms with Crippen LogP contribution in [0.5, 0.6) is 11.5 Å². The highest BCUT2D eigenvalue weighted by Gasteiger charge is 2.32. The lowest BCUT2D eigenvalue weighted by atomic mass is 9.76. The normalized spacial score (nSPS) is 15.9. The highest BCUT2D eigenvalue weighted by atomic mass is 32.2. The van der Waals surface area contributed by atoms with Gasteiger partial charge in [-0.15, -0.1) is 0 Å². The second-order valence-corrected chi connectivity index (χ2v) is 25.6. The summed E-state index contributed by atoms with van der Waals surface area (Å²) in [5, 5.41) is 27.5. The number of hydrazine groups is 2. The van der Waals surface area contributed by atoms with Crippen molar-refractivity contribution in [2.24, 2.45) is 10.8 Å². The first kappa shape index (κ1) is 53.5. The van der Waals surface area contributed by atoms with Gasteiger partial charge in [0.25, 0.3) is 0 Å². The Morgan fingerprint density at radius 3 is 1.10 bits per heavy atom. The number of nitrogens with zero attached hydrogens (tertiary/aromatic N) is 3. The fourth-order valence-corrected chi connectivity index (χ4v) is 9.58. The maximum Gasteiger partial charge on any atom is 0.123 e. The number of hydrogen-bond donors (Lipinski definition) is 4. The smallest absolute Gasteiger partial charge is 0.123 e. The second-order valence-electron chi connectivity index (χ2n) is 24.4. The van der Waals surface area contributed by atoms with Crippen molar-refractivity contribution in [3.8, 4) is 11.5 Å². The Hall–Kier alpha value is -1.81. The number of rotatable bonds is 22. The summed E-state index contributed by atoms with van der Waals surface area (Å²) in [6, 6.07) is 8.99. The first-order valence-corrected chi connectivity index (χ1v) is 25.1. The molecule has 0 unspecified atom stereocenters. The minimum atomic E-state index is -0.148. The molecule has 1 heterocycles. The van der Waals surface area contributed by atoms with Crippen LogP contribution in [0.2, 0.25) is 0 Å². The number of hydrogen-bond acceptors (Lipinski definition) is 8. The Kier molecular flexibility index (Phi) is 19.7. The summed E-state index contributed by atoms with van der Waals surface area (Å²) in [6.45, 7) is 42.3. The van der Waals surface area contributed by atoms with E-state index in [0.29, 0.717) is 11.5 Å². The first-order chi connectivity index (χ1) is 28.0. The van der Waals surface area contributed by atoms with Gasteiger partial charge in [-0.2, -0.15) is 0 Å². The first-order valence-electron chi connectivity index (χ1n) is 24.1. The number of benzene rings is 2. The van der Waals surface area contributed by atoms with E-state index >= 15 is 0 Å². The Balaban J connectivity index is 1.73. The molecular weight excluding hydrogens is 771 g/mol. The van der Waals surface area contributed by atoms with Crippen LogP contribution in [0.3, 0.4) is 0 Å². The summed E-state index contributed by atoms with van der Waals surface area (Å²) in [6.07, 6.45) is 15.4. The van der Waals surface area contributed by atoms with Crippen LogP contribution in [0, 0.1) is 10.8 Å². The van der Waals surface area contributed by atoms with Gasteiger partial charge in [0.05, 0.1) is 20.0 Å². The van der Waals surface area contributed by atoms with Gasteiger partial charge in [-0.3, -0.25) is 10.9 Å². The number of unbranched alkanes of at least 4 members (excludes halogenated alkanes) is 9. The Labute approximate surface area is 381 Å². The lowest BCUT2D eigenvalue weighted by molar-refractivity contribution is -0.0517. The molecule has 1 aliphatic heterocycles. The highest BCUT2D eigenvalue weighted by Crippen LogP contribution is 2.42. The van der Waals surface area contributed by atoms with E-state index in [4.69, 9.17) is 0 Å². The molecule has 2 aromatic rings. The van der Waals surface area contributed by atoms with Crippen molar-refractivity contribution in [3.05, 3.63) is 57.6 Å². The van der Waals surface area contributed by atoms with Gasteiger partial charge < -0.3 is 10.2 Å². The lowest BCUT2D eigenvalue weighted by Gasteiger charge is -2.43. The maximum atomic E-state index is 11.4. The molecule has 0 spiro atoms. The van der Waals surface area contributed by atoms with Gasteiger partial charge in [-0.1, -0.05) is 212 Å². The van der Waals surface area contributed by atoms with Gasteiger partial charge in [0.15, 0.2) is 0 Å². The maximum absolute atomic E-state index is 11.4. The van der Waals surface area contributed by atoms with E-state index in [2.05, 4.69) is 167 Å². The fourth-order valence-electron chi connectivity index (χ4n) is 8.55. The Morgan fingerprint density at radius 1 is 0.475 bits per heavy atom. The monoisotopic (exact) mass is 866 g/mol. The zero-order valence-corrected chi connectivity index (χ0v) is 43.5. The summed E-state index contributed by atoms with van der Waals surface area (Å²) in [5.74, 6) is 2.05. The van der Waals surface area contributed by atoms with Crippen LogP contribution in [-0.4, -0.2) is 63.4 Å². The van der Waals surface area contributed by atoms with Crippen molar-refractivity contribution in [3.63, 3.8) is 0 Å². The molecule has 0 aromatic heterocycles. The molecule has 4 N–H and O–H groups in total. The van der Waals surface area contributed by atoms with Gasteiger partial charge in [0, 0.05) is 18.8 Å². The molecule has 1 saturated heterocycles. The molecule has 8 heteroatoms. The summed E-state index contributed by atoms with van der Waals surface area (Å²) in [4.78, 5) is 0. The van der Waals surface area contributed by atoms with Crippen molar-refractivity contribution < 1.29 is 10.2 Å². The van der Waals surface area contributed by atoms with Gasteiger partial charge >= 0.3 is 0 Å². The van der Waals surface area contributed by atoms with Crippen molar-refractivity contribution in [2.75, 3.05) is 38.8 Å². The topological polar surface area (TPSA) is 74.2 Å². The molecule has 350 valence electrons. The SMILES string of the molecule is CCCCCCCCCCCCSN1CN(NCC(C)(C)Cc2cc(C(C)(C)C)c(O)c(C(C)(C)C)c2)CN(NCC(C)(C)Cc2cc(C(C)(C)C)c(O)c(C(C)(C)C)c2)C1. The molecular formula is C53H95N5O2S. The van der Waals surface area contributed by atoms with Gasteiger partial charge in [0.2, 0.25) is 0 Å². The molecule has 0 saturated carbocycles. The van der Waals surface area contributed by atoms with E-state index in [-0.39, 0.29) is 32.5 Å². The van der Waals surface area contributed by atoms with Crippen LogP contribution >= 0.6 is 11.9 Å². The van der Waals surface area contributed by atoms with E-state index in [9.17, 15) is 10.2 Å². The standard InChI is InChI=1S/C53H95N5O2S/c1-18-19-20-21-22-23-24-25-26-27-28-61-58-38-56(54-35-52(14,15)33-40-29-42(48(2,3)4)46(59)43(30-40)49(5,6)7)37-57(39-58)55-36-53(16,17)34-41-31-44(50(8,9)10)47(60)45(32-41)51(11,12)13/h29-32,54-55,59-60H,18-28,33-39H2,1-17H3. The molecule has 61 heavy (non-hydrogen) atoms. The Morgan fingerprint density at radius 2 is 0.787 bits per heavy atom. The average molecular weight is 866 g/mol. The number of aromatic hydroxyl groups is 2. The molecule has 0 atom stereocenters. The number of phenols is 2. The molecule has 1 aliphatic rings. The molecule has 3 rings (SSSR count). The molecule has 1 fully saturated rings. The number of phenolic OH excluding ortho intramolecular Hbond substituents is 2. The Bertz CT molecular complexity index is 1460. The predicted molar refractivity (Wildman–Crippen MR) is 266 cm³/mol. The zero-order chi connectivity index (χ0) is 46.0. The second kappa shape index (κ2) is 22.4. The van der Waals surface area contributed by atoms with Crippen LogP contribution in [0.4, 0.5) is 0 Å². The average Bonchev–Trinajstić information content (AvgIpc) is 3.11. The zero-order valence-electron chi connectivity index (χ0n) is 42.7. The molecule has 0 aliphatic carbocycles. The van der Waals surface area contributed by atoms with E-state index < -0.39 is 0 Å². The van der Waals surface area contributed by atoms with Crippen molar-refractivity contribution in [2.45, 2.75) is 216 Å². The van der Waals surface area contributed by atoms with Crippen LogP contribution in [0.15, 0.2) is 24.3 Å². The third kappa shape index (κ3) is 17.9. The molecule has 0 radical (unpaired) electrons. The summed E-state index contributed by atoms with van der Waals surface area (Å²) in [7, 11) is 0. The van der Waals surface area contributed by atoms with Crippen LogP contribution in [0.1, 0.15) is 215 Å². The molecule has 0 amide bonds. The third-order valence-electron chi connectivity index (χ3n) is 12.3. The summed E-state index contributed by atoms with van der Waals surface area (Å²) >= 11 is 1.99. The van der Waals surface area contributed by atoms with Crippen molar-refractivity contribution in [1.82, 2.24) is 25.2 Å². The van der Waals surface area contributed by atoms with Gasteiger partial charge in [-0.05, 0) is 85.1 Å². The minimum absolute atomic E-state index is 0.0190. The molecule has 2 aromatic carbocycles. The van der Waals surface area contributed by atoms with Crippen LogP contribution < -0.4 is 10.9 Å². The number of nitrogens with one attached hydrogen (secondary N) is 2. The molecule has 0 bridgehead atoms. The van der Waals surface area contributed by atoms with E-state index in [1.54, 1.807) is 0 Å². The third-order valence-corrected chi connectivity index (χ3v) is 13.3. The van der Waals surface area contributed by atoms with Crippen molar-refractivity contribution in [1.29, 1.82) is 0 Å². The van der Waals surface area contributed by atoms with Gasteiger partial charge in [0.1, 0.15) is 11.5 Å². The summed E-state index contributed by atoms with van der Waals surface area (Å²) in [5.41, 5.74) is 13.9. The highest BCUT2D eigenvalue weighted by molar-refractivity contribution is 7.97. The molecule has 7 nitrogen and oxygen atoms in total. The van der Waals surface area contributed by atoms with E-state index in [0.717, 1.165) is 73.9 Å². The fraction of sp³-hybridized carbons (Fsp3) is 0.774. The van der Waals surface area contributed by atoms with Crippen LogP contribution in [0.25, 0.3) is 0 Å². The van der Waals surface area contributed by atoms with Crippen LogP contribution in [-0.2, 0) is 34.5 Å². The quantitative estimate of drug-likeness (QED) is 0.0689. The van der Waals surface area contributed by atoms with Crippen molar-refractivity contribution >= 4 is 11.9 Å². The summed E-state index contributed by atoms with van der Waals surface area (Å²) < 4.78 is 2.52. The van der Waals surface area contributed by atoms with E-state index in [1.165, 1.54) is 75.3 Å². The van der Waals surface area contributed by atoms with Gasteiger partial charge in [-0.25, -0.2) is 14.3 Å².